The lowest BCUT2D eigenvalue weighted by atomic mass is 9.73. The normalized spacial score (nSPS) is 26.1. The zero-order chi connectivity index (χ0) is 11.3. The number of hydrogen-bond donors (Lipinski definition) is 1. The Morgan fingerprint density at radius 3 is 2.50 bits per heavy atom. The van der Waals surface area contributed by atoms with Gasteiger partial charge in [-0.05, 0) is 37.1 Å². The highest BCUT2D eigenvalue weighted by Gasteiger charge is 2.35. The van der Waals surface area contributed by atoms with E-state index in [1.165, 1.54) is 51.5 Å². The van der Waals surface area contributed by atoms with Gasteiger partial charge in [-0.3, -0.25) is 0 Å². The zero-order valence-electron chi connectivity index (χ0n) is 10.8. The van der Waals surface area contributed by atoms with Gasteiger partial charge in [0, 0.05) is 19.8 Å². The number of nitrogens with one attached hydrogen (secondary N) is 1. The third-order valence-electron chi connectivity index (χ3n) is 4.50. The molecule has 0 aromatic rings. The summed E-state index contributed by atoms with van der Waals surface area (Å²) in [6.07, 6.45) is 9.90. The highest BCUT2D eigenvalue weighted by atomic mass is 16.5. The second-order valence-corrected chi connectivity index (χ2v) is 5.75. The highest BCUT2D eigenvalue weighted by molar-refractivity contribution is 4.87. The predicted octanol–water partition coefficient (Wildman–Crippen LogP) is 2.97. The minimum absolute atomic E-state index is 0.559. The summed E-state index contributed by atoms with van der Waals surface area (Å²) < 4.78 is 5.54. The van der Waals surface area contributed by atoms with Gasteiger partial charge in [-0.1, -0.05) is 32.6 Å². The summed E-state index contributed by atoms with van der Waals surface area (Å²) in [7, 11) is 0. The Kier molecular flexibility index (Phi) is 4.66. The second-order valence-electron chi connectivity index (χ2n) is 5.75. The van der Waals surface area contributed by atoms with Crippen LogP contribution in [0.25, 0.3) is 0 Å². The molecule has 0 unspecified atom stereocenters. The fourth-order valence-corrected chi connectivity index (χ4v) is 3.47. The third-order valence-corrected chi connectivity index (χ3v) is 4.50. The van der Waals surface area contributed by atoms with Crippen LogP contribution < -0.4 is 5.32 Å². The van der Waals surface area contributed by atoms with E-state index in [2.05, 4.69) is 12.2 Å². The van der Waals surface area contributed by atoms with Crippen LogP contribution in [-0.2, 0) is 4.74 Å². The summed E-state index contributed by atoms with van der Waals surface area (Å²) in [6, 6.07) is 0. The van der Waals surface area contributed by atoms with Gasteiger partial charge >= 0.3 is 0 Å². The molecule has 0 spiro atoms. The predicted molar refractivity (Wildman–Crippen MR) is 67.6 cm³/mol. The maximum atomic E-state index is 5.54. The van der Waals surface area contributed by atoms with Gasteiger partial charge in [-0.15, -0.1) is 0 Å². The molecule has 2 fully saturated rings. The molecule has 94 valence electrons. The van der Waals surface area contributed by atoms with E-state index in [9.17, 15) is 0 Å². The summed E-state index contributed by atoms with van der Waals surface area (Å²) >= 11 is 0. The van der Waals surface area contributed by atoms with E-state index in [1.807, 2.05) is 0 Å². The lowest BCUT2D eigenvalue weighted by molar-refractivity contribution is 0.00270. The van der Waals surface area contributed by atoms with Crippen LogP contribution in [0.3, 0.4) is 0 Å². The van der Waals surface area contributed by atoms with Crippen LogP contribution in [-0.4, -0.2) is 26.3 Å². The molecular weight excluding hydrogens is 198 g/mol. The van der Waals surface area contributed by atoms with Crippen LogP contribution in [0.2, 0.25) is 0 Å². The number of hydrogen-bond acceptors (Lipinski definition) is 2. The molecule has 2 heteroatoms. The molecule has 1 aliphatic heterocycles. The average molecular weight is 225 g/mol. The van der Waals surface area contributed by atoms with Crippen molar-refractivity contribution >= 4 is 0 Å². The Bertz CT molecular complexity index is 193. The molecule has 1 saturated carbocycles. The molecule has 0 amide bonds. The molecule has 1 N–H and O–H groups in total. The molecule has 0 aromatic heterocycles. The van der Waals surface area contributed by atoms with Crippen molar-refractivity contribution in [1.82, 2.24) is 5.32 Å². The van der Waals surface area contributed by atoms with E-state index in [4.69, 9.17) is 4.74 Å². The maximum Gasteiger partial charge on any atom is 0.0471 e. The fraction of sp³-hybridized carbons (Fsp3) is 1.00. The van der Waals surface area contributed by atoms with Crippen LogP contribution in [0.1, 0.15) is 51.9 Å². The standard InChI is InChI=1S/C14H27NO/c1-2-15-12-14(7-9-16-10-8-14)11-13-5-3-4-6-13/h13,15H,2-12H2,1H3. The third kappa shape index (κ3) is 3.21. The monoisotopic (exact) mass is 225 g/mol. The lowest BCUT2D eigenvalue weighted by Crippen LogP contribution is -2.40. The lowest BCUT2D eigenvalue weighted by Gasteiger charge is -2.39. The molecule has 2 aliphatic rings. The van der Waals surface area contributed by atoms with Gasteiger partial charge in [0.1, 0.15) is 0 Å². The molecule has 1 heterocycles. The van der Waals surface area contributed by atoms with E-state index >= 15 is 0 Å². The van der Waals surface area contributed by atoms with Gasteiger partial charge in [0.2, 0.25) is 0 Å². The van der Waals surface area contributed by atoms with Crippen LogP contribution in [0.4, 0.5) is 0 Å². The topological polar surface area (TPSA) is 21.3 Å². The maximum absolute atomic E-state index is 5.54. The summed E-state index contributed by atoms with van der Waals surface area (Å²) in [5.74, 6) is 1.01. The molecule has 0 aromatic carbocycles. The van der Waals surface area contributed by atoms with Crippen LogP contribution in [0.5, 0.6) is 0 Å². The van der Waals surface area contributed by atoms with Crippen molar-refractivity contribution < 1.29 is 4.74 Å². The van der Waals surface area contributed by atoms with Gasteiger partial charge in [0.05, 0.1) is 0 Å². The molecule has 2 rings (SSSR count). The molecule has 1 saturated heterocycles. The Morgan fingerprint density at radius 2 is 1.88 bits per heavy atom. The Balaban J connectivity index is 1.89. The SMILES string of the molecule is CCNCC1(CC2CCCC2)CCOCC1. The van der Waals surface area contributed by atoms with E-state index in [0.717, 1.165) is 25.7 Å². The van der Waals surface area contributed by atoms with Crippen LogP contribution >= 0.6 is 0 Å². The first kappa shape index (κ1) is 12.4. The molecular formula is C14H27NO. The quantitative estimate of drug-likeness (QED) is 0.776. The van der Waals surface area contributed by atoms with E-state index in [0.29, 0.717) is 5.41 Å². The summed E-state index contributed by atoms with van der Waals surface area (Å²) in [5, 5.41) is 3.58. The first-order valence-electron chi connectivity index (χ1n) is 7.13. The van der Waals surface area contributed by atoms with Crippen molar-refractivity contribution in [1.29, 1.82) is 0 Å². The van der Waals surface area contributed by atoms with Crippen molar-refractivity contribution in [3.05, 3.63) is 0 Å². The largest absolute Gasteiger partial charge is 0.381 e. The smallest absolute Gasteiger partial charge is 0.0471 e. The molecule has 1 aliphatic carbocycles. The van der Waals surface area contributed by atoms with Crippen LogP contribution in [0.15, 0.2) is 0 Å². The van der Waals surface area contributed by atoms with Crippen molar-refractivity contribution in [3.63, 3.8) is 0 Å². The van der Waals surface area contributed by atoms with Gasteiger partial charge in [-0.25, -0.2) is 0 Å². The Labute approximate surface area is 100 Å². The minimum Gasteiger partial charge on any atom is -0.381 e. The molecule has 0 radical (unpaired) electrons. The Morgan fingerprint density at radius 1 is 1.19 bits per heavy atom. The van der Waals surface area contributed by atoms with E-state index < -0.39 is 0 Å². The summed E-state index contributed by atoms with van der Waals surface area (Å²) in [6.45, 7) is 6.50. The zero-order valence-corrected chi connectivity index (χ0v) is 10.8. The van der Waals surface area contributed by atoms with Crippen molar-refractivity contribution in [2.75, 3.05) is 26.3 Å². The van der Waals surface area contributed by atoms with Crippen LogP contribution in [0, 0.1) is 11.3 Å². The highest BCUT2D eigenvalue weighted by Crippen LogP contribution is 2.41. The number of rotatable bonds is 5. The minimum atomic E-state index is 0.559. The summed E-state index contributed by atoms with van der Waals surface area (Å²) in [4.78, 5) is 0. The van der Waals surface area contributed by atoms with Gasteiger partial charge in [0.25, 0.3) is 0 Å². The fourth-order valence-electron chi connectivity index (χ4n) is 3.47. The van der Waals surface area contributed by atoms with Gasteiger partial charge < -0.3 is 10.1 Å². The Hall–Kier alpha value is -0.0800. The molecule has 0 bridgehead atoms. The molecule has 16 heavy (non-hydrogen) atoms. The first-order chi connectivity index (χ1) is 7.85. The molecule has 0 atom stereocenters. The summed E-state index contributed by atoms with van der Waals surface area (Å²) in [5.41, 5.74) is 0.559. The van der Waals surface area contributed by atoms with Crippen molar-refractivity contribution in [2.45, 2.75) is 51.9 Å². The first-order valence-corrected chi connectivity index (χ1v) is 7.13. The van der Waals surface area contributed by atoms with Gasteiger partial charge in [-0.2, -0.15) is 0 Å². The van der Waals surface area contributed by atoms with Gasteiger partial charge in [0.15, 0.2) is 0 Å². The van der Waals surface area contributed by atoms with Crippen molar-refractivity contribution in [2.24, 2.45) is 11.3 Å². The second kappa shape index (κ2) is 6.02. The van der Waals surface area contributed by atoms with E-state index in [-0.39, 0.29) is 0 Å². The average Bonchev–Trinajstić information content (AvgIpc) is 2.80. The van der Waals surface area contributed by atoms with E-state index in [1.54, 1.807) is 0 Å². The van der Waals surface area contributed by atoms with Crippen molar-refractivity contribution in [3.8, 4) is 0 Å². The number of ether oxygens (including phenoxy) is 1. The molecule has 2 nitrogen and oxygen atoms in total.